The first-order chi connectivity index (χ1) is 7.74. The fourth-order valence-electron chi connectivity index (χ4n) is 1.77. The Kier molecular flexibility index (Phi) is 4.74. The van der Waals surface area contributed by atoms with Gasteiger partial charge in [0.25, 0.3) is 0 Å². The molecule has 0 aliphatic rings. The summed E-state index contributed by atoms with van der Waals surface area (Å²) in [6.45, 7) is 5.58. The molecule has 0 saturated carbocycles. The number of ether oxygens (including phenoxy) is 1. The van der Waals surface area contributed by atoms with Gasteiger partial charge in [-0.25, -0.2) is 4.98 Å². The van der Waals surface area contributed by atoms with E-state index in [0.29, 0.717) is 12.3 Å². The van der Waals surface area contributed by atoms with Gasteiger partial charge in [0.05, 0.1) is 12.3 Å². The zero-order chi connectivity index (χ0) is 12.0. The smallest absolute Gasteiger partial charge is 0.163 e. The van der Waals surface area contributed by atoms with Crippen LogP contribution in [-0.2, 0) is 4.74 Å². The minimum atomic E-state index is 0.228. The van der Waals surface area contributed by atoms with Crippen molar-refractivity contribution in [1.82, 2.24) is 4.98 Å². The molecule has 0 bridgehead atoms. The molecule has 0 aliphatic carbocycles. The highest BCUT2D eigenvalue weighted by Crippen LogP contribution is 2.19. The number of anilines is 1. The maximum Gasteiger partial charge on any atom is 0.163 e. The van der Waals surface area contributed by atoms with Crippen LogP contribution in [0.1, 0.15) is 19.5 Å². The molecule has 16 heavy (non-hydrogen) atoms. The predicted octanol–water partition coefficient (Wildman–Crippen LogP) is 1.81. The molecule has 1 unspecified atom stereocenters. The van der Waals surface area contributed by atoms with Crippen molar-refractivity contribution in [2.45, 2.75) is 19.9 Å². The van der Waals surface area contributed by atoms with Crippen LogP contribution in [0.3, 0.4) is 0 Å². The summed E-state index contributed by atoms with van der Waals surface area (Å²) >= 11 is 0. The highest BCUT2D eigenvalue weighted by Gasteiger charge is 2.16. The molecule has 4 heteroatoms. The Morgan fingerprint density at radius 2 is 2.38 bits per heavy atom. The summed E-state index contributed by atoms with van der Waals surface area (Å²) in [6, 6.07) is 6.11. The molecule has 0 spiro atoms. The van der Waals surface area contributed by atoms with Crippen LogP contribution < -0.4 is 4.90 Å². The number of nitrogens with zero attached hydrogens (tertiary/aromatic N) is 3. The molecule has 0 amide bonds. The zero-order valence-corrected chi connectivity index (χ0v) is 9.97. The SMILES string of the molecule is CCN(c1cccnc1C#N)C(C)COC. The molecule has 1 aromatic rings. The normalized spacial score (nSPS) is 11.9. The Morgan fingerprint density at radius 3 is 2.94 bits per heavy atom. The zero-order valence-electron chi connectivity index (χ0n) is 9.97. The van der Waals surface area contributed by atoms with E-state index >= 15 is 0 Å². The van der Waals surface area contributed by atoms with Gasteiger partial charge >= 0.3 is 0 Å². The largest absolute Gasteiger partial charge is 0.383 e. The fourth-order valence-corrected chi connectivity index (χ4v) is 1.77. The number of pyridine rings is 1. The van der Waals surface area contributed by atoms with E-state index in [-0.39, 0.29) is 6.04 Å². The van der Waals surface area contributed by atoms with Crippen LogP contribution in [0.15, 0.2) is 18.3 Å². The van der Waals surface area contributed by atoms with E-state index in [1.807, 2.05) is 12.1 Å². The maximum atomic E-state index is 9.00. The van der Waals surface area contributed by atoms with Crippen LogP contribution in [0.2, 0.25) is 0 Å². The minimum Gasteiger partial charge on any atom is -0.383 e. The lowest BCUT2D eigenvalue weighted by Crippen LogP contribution is -2.36. The molecule has 0 N–H and O–H groups in total. The molecule has 1 heterocycles. The lowest BCUT2D eigenvalue weighted by molar-refractivity contribution is 0.182. The summed E-state index contributed by atoms with van der Waals surface area (Å²) in [5, 5.41) is 9.00. The van der Waals surface area contributed by atoms with E-state index in [9.17, 15) is 0 Å². The van der Waals surface area contributed by atoms with Crippen molar-refractivity contribution in [3.8, 4) is 6.07 Å². The quantitative estimate of drug-likeness (QED) is 0.758. The number of methoxy groups -OCH3 is 1. The van der Waals surface area contributed by atoms with Crippen molar-refractivity contribution in [2.24, 2.45) is 0 Å². The van der Waals surface area contributed by atoms with E-state index in [1.165, 1.54) is 0 Å². The molecule has 1 atom stereocenters. The van der Waals surface area contributed by atoms with Gasteiger partial charge in [-0.05, 0) is 26.0 Å². The molecule has 0 saturated heterocycles. The van der Waals surface area contributed by atoms with Crippen molar-refractivity contribution >= 4 is 5.69 Å². The molecule has 0 fully saturated rings. The molecular formula is C12H17N3O. The van der Waals surface area contributed by atoms with Crippen LogP contribution >= 0.6 is 0 Å². The van der Waals surface area contributed by atoms with Crippen molar-refractivity contribution in [2.75, 3.05) is 25.2 Å². The Balaban J connectivity index is 2.99. The molecule has 4 nitrogen and oxygen atoms in total. The highest BCUT2D eigenvalue weighted by molar-refractivity contribution is 5.56. The van der Waals surface area contributed by atoms with E-state index in [2.05, 4.69) is 29.8 Å². The number of hydrogen-bond donors (Lipinski definition) is 0. The third kappa shape index (κ3) is 2.71. The van der Waals surface area contributed by atoms with Gasteiger partial charge in [-0.3, -0.25) is 0 Å². The predicted molar refractivity (Wildman–Crippen MR) is 63.3 cm³/mol. The van der Waals surface area contributed by atoms with Crippen molar-refractivity contribution in [1.29, 1.82) is 5.26 Å². The first-order valence-electron chi connectivity index (χ1n) is 5.35. The monoisotopic (exact) mass is 219 g/mol. The van der Waals surface area contributed by atoms with Crippen LogP contribution in [0.25, 0.3) is 0 Å². The van der Waals surface area contributed by atoms with Crippen LogP contribution in [0, 0.1) is 11.3 Å². The summed E-state index contributed by atoms with van der Waals surface area (Å²) in [5.41, 5.74) is 1.34. The van der Waals surface area contributed by atoms with Gasteiger partial charge < -0.3 is 9.64 Å². The third-order valence-electron chi connectivity index (χ3n) is 2.48. The summed E-state index contributed by atoms with van der Waals surface area (Å²) < 4.78 is 5.14. The van der Waals surface area contributed by atoms with E-state index < -0.39 is 0 Å². The van der Waals surface area contributed by atoms with Crippen LogP contribution in [0.4, 0.5) is 5.69 Å². The molecule has 1 aromatic heterocycles. The lowest BCUT2D eigenvalue weighted by atomic mass is 10.2. The highest BCUT2D eigenvalue weighted by atomic mass is 16.5. The first-order valence-corrected chi connectivity index (χ1v) is 5.35. The lowest BCUT2D eigenvalue weighted by Gasteiger charge is -2.29. The topological polar surface area (TPSA) is 49.2 Å². The van der Waals surface area contributed by atoms with Crippen LogP contribution in [-0.4, -0.2) is 31.3 Å². The minimum absolute atomic E-state index is 0.228. The number of hydrogen-bond acceptors (Lipinski definition) is 4. The summed E-state index contributed by atoms with van der Waals surface area (Å²) in [7, 11) is 1.68. The first kappa shape index (κ1) is 12.5. The molecule has 0 radical (unpaired) electrons. The Labute approximate surface area is 96.5 Å². The average molecular weight is 219 g/mol. The Bertz CT molecular complexity index is 373. The summed E-state index contributed by atoms with van der Waals surface area (Å²) in [4.78, 5) is 6.19. The molecule has 86 valence electrons. The van der Waals surface area contributed by atoms with Gasteiger partial charge in [0, 0.05) is 25.9 Å². The van der Waals surface area contributed by atoms with Gasteiger partial charge in [0.15, 0.2) is 5.69 Å². The molecule has 0 aliphatic heterocycles. The standard InChI is InChI=1S/C12H17N3O/c1-4-15(10(2)9-16-3)12-6-5-7-14-11(12)8-13/h5-7,10H,4,9H2,1-3H3. The fraction of sp³-hybridized carbons (Fsp3) is 0.500. The number of rotatable bonds is 5. The van der Waals surface area contributed by atoms with Crippen LogP contribution in [0.5, 0.6) is 0 Å². The third-order valence-corrected chi connectivity index (χ3v) is 2.48. The average Bonchev–Trinajstić information content (AvgIpc) is 2.31. The van der Waals surface area contributed by atoms with Crippen molar-refractivity contribution in [3.63, 3.8) is 0 Å². The van der Waals surface area contributed by atoms with Crippen molar-refractivity contribution in [3.05, 3.63) is 24.0 Å². The second-order valence-electron chi connectivity index (χ2n) is 3.57. The van der Waals surface area contributed by atoms with E-state index in [4.69, 9.17) is 10.00 Å². The van der Waals surface area contributed by atoms with Crippen molar-refractivity contribution < 1.29 is 4.74 Å². The number of likely N-dealkylation sites (N-methyl/N-ethyl adjacent to an activating group) is 1. The number of nitriles is 1. The Morgan fingerprint density at radius 1 is 1.62 bits per heavy atom. The van der Waals surface area contributed by atoms with E-state index in [1.54, 1.807) is 13.3 Å². The summed E-state index contributed by atoms with van der Waals surface area (Å²) in [6.07, 6.45) is 1.64. The molecule has 1 rings (SSSR count). The maximum absolute atomic E-state index is 9.00. The van der Waals surface area contributed by atoms with Gasteiger partial charge in [0.1, 0.15) is 6.07 Å². The second-order valence-corrected chi connectivity index (χ2v) is 3.57. The second kappa shape index (κ2) is 6.09. The summed E-state index contributed by atoms with van der Waals surface area (Å²) in [5.74, 6) is 0. The Hall–Kier alpha value is -1.60. The molecular weight excluding hydrogens is 202 g/mol. The van der Waals surface area contributed by atoms with Gasteiger partial charge in [0.2, 0.25) is 0 Å². The van der Waals surface area contributed by atoms with Gasteiger partial charge in [-0.2, -0.15) is 5.26 Å². The van der Waals surface area contributed by atoms with Gasteiger partial charge in [-0.15, -0.1) is 0 Å². The molecule has 0 aromatic carbocycles. The number of aromatic nitrogens is 1. The van der Waals surface area contributed by atoms with Gasteiger partial charge in [-0.1, -0.05) is 0 Å². The van der Waals surface area contributed by atoms with E-state index in [0.717, 1.165) is 12.2 Å².